The Hall–Kier alpha value is -2.40. The number of methoxy groups -OCH3 is 2. The minimum atomic E-state index is -0.173. The Kier molecular flexibility index (Phi) is 6.32. The van der Waals surface area contributed by atoms with Crippen molar-refractivity contribution in [3.63, 3.8) is 0 Å². The van der Waals surface area contributed by atoms with Crippen LogP contribution in [0.15, 0.2) is 42.5 Å². The number of ether oxygens (including phenoxy) is 3. The second-order valence-corrected chi connectivity index (χ2v) is 5.53. The fourth-order valence-electron chi connectivity index (χ4n) is 2.13. The number of rotatable bonds is 7. The molecule has 0 saturated heterocycles. The van der Waals surface area contributed by atoms with Gasteiger partial charge in [0.05, 0.1) is 26.3 Å². The lowest BCUT2D eigenvalue weighted by atomic mass is 10.1. The van der Waals surface area contributed by atoms with Crippen molar-refractivity contribution in [2.75, 3.05) is 34.4 Å². The summed E-state index contributed by atoms with van der Waals surface area (Å²) in [7, 11) is 4.84. The van der Waals surface area contributed by atoms with Crippen molar-refractivity contribution < 1.29 is 19.0 Å². The van der Waals surface area contributed by atoms with E-state index in [4.69, 9.17) is 25.8 Å². The molecule has 2 rings (SSSR count). The van der Waals surface area contributed by atoms with Gasteiger partial charge in [0.2, 0.25) is 0 Å². The zero-order chi connectivity index (χ0) is 17.5. The van der Waals surface area contributed by atoms with Crippen LogP contribution in [0.4, 0.5) is 0 Å². The molecule has 0 unspecified atom stereocenters. The van der Waals surface area contributed by atoms with Crippen LogP contribution in [0.2, 0.25) is 5.02 Å². The summed E-state index contributed by atoms with van der Waals surface area (Å²) in [6, 6.07) is 12.2. The number of halogens is 1. The second kappa shape index (κ2) is 8.45. The highest BCUT2D eigenvalue weighted by atomic mass is 35.5. The number of amides is 1. The topological polar surface area (TPSA) is 48.0 Å². The van der Waals surface area contributed by atoms with Crippen LogP contribution in [0.25, 0.3) is 0 Å². The third-order valence-corrected chi connectivity index (χ3v) is 3.73. The molecule has 0 aliphatic heterocycles. The molecule has 0 heterocycles. The van der Waals surface area contributed by atoms with E-state index in [0.717, 1.165) is 11.5 Å². The van der Waals surface area contributed by atoms with Crippen LogP contribution in [0.5, 0.6) is 17.2 Å². The van der Waals surface area contributed by atoms with Gasteiger partial charge in [-0.05, 0) is 42.5 Å². The summed E-state index contributed by atoms with van der Waals surface area (Å²) in [4.78, 5) is 14.1. The molecule has 0 N–H and O–H groups in total. The van der Waals surface area contributed by atoms with Gasteiger partial charge in [-0.2, -0.15) is 0 Å². The summed E-state index contributed by atoms with van der Waals surface area (Å²) in [5.41, 5.74) is 0.428. The van der Waals surface area contributed by atoms with E-state index in [1.54, 1.807) is 37.3 Å². The lowest BCUT2D eigenvalue weighted by molar-refractivity contribution is 0.0770. The SMILES string of the molecule is COc1ccc(OCCN(C)C(=O)c2cc(Cl)ccc2OC)cc1. The molecule has 0 fully saturated rings. The first-order valence-corrected chi connectivity index (χ1v) is 7.79. The lowest BCUT2D eigenvalue weighted by Crippen LogP contribution is -2.31. The van der Waals surface area contributed by atoms with E-state index in [1.165, 1.54) is 7.11 Å². The van der Waals surface area contributed by atoms with Crippen molar-refractivity contribution in [3.8, 4) is 17.2 Å². The molecule has 2 aromatic carbocycles. The molecule has 24 heavy (non-hydrogen) atoms. The fourth-order valence-corrected chi connectivity index (χ4v) is 2.30. The van der Waals surface area contributed by atoms with E-state index in [1.807, 2.05) is 24.3 Å². The number of benzene rings is 2. The van der Waals surface area contributed by atoms with Gasteiger partial charge in [-0.25, -0.2) is 0 Å². The monoisotopic (exact) mass is 349 g/mol. The maximum Gasteiger partial charge on any atom is 0.257 e. The van der Waals surface area contributed by atoms with E-state index in [-0.39, 0.29) is 5.91 Å². The van der Waals surface area contributed by atoms with Gasteiger partial charge in [-0.15, -0.1) is 0 Å². The summed E-state index contributed by atoms with van der Waals surface area (Å²) in [5.74, 6) is 1.81. The fraction of sp³-hybridized carbons (Fsp3) is 0.278. The molecule has 5 nitrogen and oxygen atoms in total. The van der Waals surface area contributed by atoms with Crippen LogP contribution in [0, 0.1) is 0 Å². The van der Waals surface area contributed by atoms with Crippen molar-refractivity contribution in [2.24, 2.45) is 0 Å². The van der Waals surface area contributed by atoms with Crippen LogP contribution in [0.1, 0.15) is 10.4 Å². The van der Waals surface area contributed by atoms with E-state index < -0.39 is 0 Å². The second-order valence-electron chi connectivity index (χ2n) is 5.10. The molecule has 0 atom stereocenters. The lowest BCUT2D eigenvalue weighted by Gasteiger charge is -2.19. The first-order chi connectivity index (χ1) is 11.5. The average molecular weight is 350 g/mol. The number of hydrogen-bond donors (Lipinski definition) is 0. The zero-order valence-electron chi connectivity index (χ0n) is 13.9. The number of hydrogen-bond acceptors (Lipinski definition) is 4. The van der Waals surface area contributed by atoms with Crippen molar-refractivity contribution in [1.29, 1.82) is 0 Å². The predicted molar refractivity (Wildman–Crippen MR) is 93.5 cm³/mol. The molecule has 0 aromatic heterocycles. The maximum absolute atomic E-state index is 12.5. The number of carbonyl (C=O) groups is 1. The summed E-state index contributed by atoms with van der Waals surface area (Å²) in [5, 5.41) is 0.488. The number of nitrogens with zero attached hydrogens (tertiary/aromatic N) is 1. The minimum Gasteiger partial charge on any atom is -0.497 e. The Morgan fingerprint density at radius 1 is 1.04 bits per heavy atom. The molecule has 0 radical (unpaired) electrons. The van der Waals surface area contributed by atoms with Gasteiger partial charge >= 0.3 is 0 Å². The zero-order valence-corrected chi connectivity index (χ0v) is 14.7. The largest absolute Gasteiger partial charge is 0.497 e. The minimum absolute atomic E-state index is 0.173. The van der Waals surface area contributed by atoms with Gasteiger partial charge in [0, 0.05) is 12.1 Å². The van der Waals surface area contributed by atoms with Crippen molar-refractivity contribution in [3.05, 3.63) is 53.1 Å². The molecule has 1 amide bonds. The molecule has 0 aliphatic rings. The summed E-state index contributed by atoms with van der Waals surface area (Å²) in [6.07, 6.45) is 0. The highest BCUT2D eigenvalue weighted by Gasteiger charge is 2.17. The molecule has 0 aliphatic carbocycles. The van der Waals surface area contributed by atoms with Gasteiger partial charge in [-0.1, -0.05) is 11.6 Å². The Morgan fingerprint density at radius 3 is 2.33 bits per heavy atom. The number of carbonyl (C=O) groups excluding carboxylic acids is 1. The molecule has 0 saturated carbocycles. The smallest absolute Gasteiger partial charge is 0.257 e. The third kappa shape index (κ3) is 4.55. The molecule has 0 spiro atoms. The maximum atomic E-state index is 12.5. The van der Waals surface area contributed by atoms with Gasteiger partial charge < -0.3 is 19.1 Å². The van der Waals surface area contributed by atoms with Crippen LogP contribution in [-0.4, -0.2) is 45.2 Å². The molecular weight excluding hydrogens is 330 g/mol. The van der Waals surface area contributed by atoms with Crippen molar-refractivity contribution >= 4 is 17.5 Å². The molecule has 2 aromatic rings. The standard InChI is InChI=1S/C18H20ClNO4/c1-20(10-11-24-15-7-5-14(22-2)6-8-15)18(21)16-12-13(19)4-9-17(16)23-3/h4-9,12H,10-11H2,1-3H3. The van der Waals surface area contributed by atoms with Crippen molar-refractivity contribution in [1.82, 2.24) is 4.90 Å². The van der Waals surface area contributed by atoms with Crippen LogP contribution < -0.4 is 14.2 Å². The Labute approximate surface area is 146 Å². The average Bonchev–Trinajstić information content (AvgIpc) is 2.61. The van der Waals surface area contributed by atoms with E-state index in [9.17, 15) is 4.79 Å². The Bertz CT molecular complexity index is 688. The van der Waals surface area contributed by atoms with Gasteiger partial charge in [0.1, 0.15) is 23.9 Å². The molecule has 6 heteroatoms. The summed E-state index contributed by atoms with van der Waals surface area (Å²) >= 11 is 5.97. The molecule has 0 bridgehead atoms. The van der Waals surface area contributed by atoms with Crippen LogP contribution in [-0.2, 0) is 0 Å². The van der Waals surface area contributed by atoms with Crippen LogP contribution in [0.3, 0.4) is 0 Å². The first-order valence-electron chi connectivity index (χ1n) is 7.41. The van der Waals surface area contributed by atoms with Crippen LogP contribution >= 0.6 is 11.6 Å². The van der Waals surface area contributed by atoms with Gasteiger partial charge in [0.15, 0.2) is 0 Å². The number of likely N-dealkylation sites (N-methyl/N-ethyl adjacent to an activating group) is 1. The molecule has 128 valence electrons. The highest BCUT2D eigenvalue weighted by Crippen LogP contribution is 2.24. The third-order valence-electron chi connectivity index (χ3n) is 3.49. The first kappa shape index (κ1) is 17.9. The highest BCUT2D eigenvalue weighted by molar-refractivity contribution is 6.31. The summed E-state index contributed by atoms with van der Waals surface area (Å²) < 4.78 is 15.9. The molecular formula is C18H20ClNO4. The van der Waals surface area contributed by atoms with Gasteiger partial charge in [0.25, 0.3) is 5.91 Å². The van der Waals surface area contributed by atoms with E-state index in [0.29, 0.717) is 29.5 Å². The Morgan fingerprint density at radius 2 is 1.71 bits per heavy atom. The normalized spacial score (nSPS) is 10.2. The quantitative estimate of drug-likeness (QED) is 0.767. The van der Waals surface area contributed by atoms with Gasteiger partial charge in [-0.3, -0.25) is 4.79 Å². The predicted octanol–water partition coefficient (Wildman–Crippen LogP) is 3.51. The van der Waals surface area contributed by atoms with E-state index in [2.05, 4.69) is 0 Å². The Balaban J connectivity index is 1.93. The summed E-state index contributed by atoms with van der Waals surface area (Å²) in [6.45, 7) is 0.804. The van der Waals surface area contributed by atoms with E-state index >= 15 is 0 Å². The van der Waals surface area contributed by atoms with Crippen molar-refractivity contribution in [2.45, 2.75) is 0 Å².